The van der Waals surface area contributed by atoms with E-state index in [-0.39, 0.29) is 10.6 Å². The SMILES string of the molecule is Cc1ccc(S(N)(=O)=O)cc1NC(=O)c1cnccn1. The number of hydrogen-bond donors (Lipinski definition) is 2. The molecule has 7 nitrogen and oxygen atoms in total. The number of nitrogens with one attached hydrogen (secondary N) is 1. The second-order valence-electron chi connectivity index (χ2n) is 4.07. The zero-order valence-corrected chi connectivity index (χ0v) is 11.4. The van der Waals surface area contributed by atoms with Gasteiger partial charge >= 0.3 is 0 Å². The minimum absolute atomic E-state index is 0.0717. The number of amides is 1. The molecule has 1 aromatic heterocycles. The van der Waals surface area contributed by atoms with Crippen LogP contribution in [-0.4, -0.2) is 24.3 Å². The quantitative estimate of drug-likeness (QED) is 0.863. The molecule has 20 heavy (non-hydrogen) atoms. The molecule has 0 aliphatic rings. The third-order valence-electron chi connectivity index (χ3n) is 2.58. The number of anilines is 1. The van der Waals surface area contributed by atoms with Gasteiger partial charge in [0.2, 0.25) is 10.0 Å². The van der Waals surface area contributed by atoms with E-state index in [1.54, 1.807) is 13.0 Å². The predicted molar refractivity (Wildman–Crippen MR) is 72.5 cm³/mol. The molecule has 0 saturated heterocycles. The van der Waals surface area contributed by atoms with Gasteiger partial charge in [-0.1, -0.05) is 6.07 Å². The third-order valence-corrected chi connectivity index (χ3v) is 3.49. The summed E-state index contributed by atoms with van der Waals surface area (Å²) >= 11 is 0. The highest BCUT2D eigenvalue weighted by Gasteiger charge is 2.13. The molecule has 2 rings (SSSR count). The Balaban J connectivity index is 2.32. The molecule has 0 atom stereocenters. The lowest BCUT2D eigenvalue weighted by Crippen LogP contribution is -2.16. The van der Waals surface area contributed by atoms with Gasteiger partial charge in [0.05, 0.1) is 11.1 Å². The van der Waals surface area contributed by atoms with Gasteiger partial charge in [-0.05, 0) is 24.6 Å². The van der Waals surface area contributed by atoms with Crippen molar-refractivity contribution in [1.82, 2.24) is 9.97 Å². The number of sulfonamides is 1. The molecule has 0 fully saturated rings. The van der Waals surface area contributed by atoms with Gasteiger partial charge in [0, 0.05) is 18.1 Å². The summed E-state index contributed by atoms with van der Waals surface area (Å²) in [6, 6.07) is 4.24. The number of carbonyl (C=O) groups excluding carboxylic acids is 1. The molecule has 1 aromatic carbocycles. The molecule has 0 saturated carbocycles. The summed E-state index contributed by atoms with van der Waals surface area (Å²) in [5.41, 5.74) is 1.19. The monoisotopic (exact) mass is 292 g/mol. The molecule has 0 aliphatic carbocycles. The minimum Gasteiger partial charge on any atom is -0.320 e. The van der Waals surface area contributed by atoms with Gasteiger partial charge in [-0.15, -0.1) is 0 Å². The Hall–Kier alpha value is -2.32. The zero-order valence-electron chi connectivity index (χ0n) is 10.6. The van der Waals surface area contributed by atoms with E-state index < -0.39 is 15.9 Å². The Bertz CT molecular complexity index is 745. The standard InChI is InChI=1S/C12H12N4O3S/c1-8-2-3-9(20(13,18)19)6-10(8)16-12(17)11-7-14-4-5-15-11/h2-7H,1H3,(H,16,17)(H2,13,18,19). The maximum Gasteiger partial charge on any atom is 0.275 e. The molecule has 0 unspecified atom stereocenters. The first-order valence-electron chi connectivity index (χ1n) is 5.59. The van der Waals surface area contributed by atoms with Gasteiger partial charge in [-0.25, -0.2) is 18.5 Å². The second kappa shape index (κ2) is 5.35. The predicted octanol–water partition coefficient (Wildman–Crippen LogP) is 0.685. The summed E-state index contributed by atoms with van der Waals surface area (Å²) in [4.78, 5) is 19.5. The third kappa shape index (κ3) is 3.16. The van der Waals surface area contributed by atoms with Crippen molar-refractivity contribution in [3.05, 3.63) is 48.0 Å². The summed E-state index contributed by atoms with van der Waals surface area (Å²) in [5, 5.41) is 7.63. The number of benzene rings is 1. The van der Waals surface area contributed by atoms with Crippen molar-refractivity contribution in [3.63, 3.8) is 0 Å². The zero-order chi connectivity index (χ0) is 14.8. The first-order valence-corrected chi connectivity index (χ1v) is 7.13. The maximum absolute atomic E-state index is 11.9. The van der Waals surface area contributed by atoms with Crippen molar-refractivity contribution in [2.24, 2.45) is 5.14 Å². The summed E-state index contributed by atoms with van der Waals surface area (Å²) in [6.45, 7) is 1.74. The second-order valence-corrected chi connectivity index (χ2v) is 5.63. The summed E-state index contributed by atoms with van der Waals surface area (Å²) in [7, 11) is -3.82. The first kappa shape index (κ1) is 14.1. The Labute approximate surface area is 115 Å². The van der Waals surface area contributed by atoms with Gasteiger partial charge in [0.25, 0.3) is 5.91 Å². The molecule has 0 aliphatic heterocycles. The van der Waals surface area contributed by atoms with Crippen LogP contribution >= 0.6 is 0 Å². The van der Waals surface area contributed by atoms with Crippen LogP contribution in [0.15, 0.2) is 41.7 Å². The Morgan fingerprint density at radius 1 is 1.30 bits per heavy atom. The van der Waals surface area contributed by atoms with E-state index in [1.807, 2.05) is 0 Å². The highest BCUT2D eigenvalue weighted by atomic mass is 32.2. The summed E-state index contributed by atoms with van der Waals surface area (Å²) < 4.78 is 22.6. The number of aryl methyl sites for hydroxylation is 1. The van der Waals surface area contributed by atoms with Crippen molar-refractivity contribution >= 4 is 21.6 Å². The number of carbonyl (C=O) groups is 1. The van der Waals surface area contributed by atoms with Crippen LogP contribution in [0.5, 0.6) is 0 Å². The fourth-order valence-corrected chi connectivity index (χ4v) is 2.06. The van der Waals surface area contributed by atoms with E-state index in [0.717, 1.165) is 0 Å². The topological polar surface area (TPSA) is 115 Å². The van der Waals surface area contributed by atoms with E-state index in [0.29, 0.717) is 11.3 Å². The Morgan fingerprint density at radius 3 is 2.65 bits per heavy atom. The van der Waals surface area contributed by atoms with Crippen molar-refractivity contribution in [2.45, 2.75) is 11.8 Å². The van der Waals surface area contributed by atoms with Crippen LogP contribution < -0.4 is 10.5 Å². The fraction of sp³-hybridized carbons (Fsp3) is 0.0833. The summed E-state index contributed by atoms with van der Waals surface area (Å²) in [6.07, 6.45) is 4.15. The molecule has 0 spiro atoms. The van der Waals surface area contributed by atoms with E-state index >= 15 is 0 Å². The van der Waals surface area contributed by atoms with Gasteiger partial charge in [-0.3, -0.25) is 9.78 Å². The lowest BCUT2D eigenvalue weighted by molar-refractivity contribution is 0.102. The Morgan fingerprint density at radius 2 is 2.05 bits per heavy atom. The number of rotatable bonds is 3. The fourth-order valence-electron chi connectivity index (χ4n) is 1.52. The van der Waals surface area contributed by atoms with Gasteiger partial charge < -0.3 is 5.32 Å². The highest BCUT2D eigenvalue weighted by Crippen LogP contribution is 2.19. The molecular formula is C12H12N4O3S. The maximum atomic E-state index is 11.9. The first-order chi connectivity index (χ1) is 9.38. The molecule has 3 N–H and O–H groups in total. The molecule has 0 bridgehead atoms. The molecule has 2 aromatic rings. The van der Waals surface area contributed by atoms with E-state index in [4.69, 9.17) is 5.14 Å². The molecular weight excluding hydrogens is 280 g/mol. The minimum atomic E-state index is -3.82. The van der Waals surface area contributed by atoms with E-state index in [9.17, 15) is 13.2 Å². The van der Waals surface area contributed by atoms with Crippen LogP contribution in [0.4, 0.5) is 5.69 Å². The van der Waals surface area contributed by atoms with Gasteiger partial charge in [0.15, 0.2) is 0 Å². The average molecular weight is 292 g/mol. The van der Waals surface area contributed by atoms with Crippen LogP contribution in [0.25, 0.3) is 0 Å². The van der Waals surface area contributed by atoms with Crippen LogP contribution in [0.3, 0.4) is 0 Å². The molecule has 104 valence electrons. The number of nitrogens with two attached hydrogens (primary N) is 1. The van der Waals surface area contributed by atoms with E-state index in [2.05, 4.69) is 15.3 Å². The highest BCUT2D eigenvalue weighted by molar-refractivity contribution is 7.89. The van der Waals surface area contributed by atoms with Crippen molar-refractivity contribution in [2.75, 3.05) is 5.32 Å². The summed E-state index contributed by atoms with van der Waals surface area (Å²) in [5.74, 6) is -0.479. The van der Waals surface area contributed by atoms with Crippen molar-refractivity contribution in [1.29, 1.82) is 0 Å². The Kier molecular flexibility index (Phi) is 3.77. The number of aromatic nitrogens is 2. The number of nitrogens with zero attached hydrogens (tertiary/aromatic N) is 2. The van der Waals surface area contributed by atoms with Gasteiger partial charge in [-0.2, -0.15) is 0 Å². The smallest absolute Gasteiger partial charge is 0.275 e. The number of hydrogen-bond acceptors (Lipinski definition) is 5. The van der Waals surface area contributed by atoms with Crippen LogP contribution in [0.1, 0.15) is 16.1 Å². The van der Waals surface area contributed by atoms with Crippen LogP contribution in [0.2, 0.25) is 0 Å². The molecule has 1 amide bonds. The van der Waals surface area contributed by atoms with E-state index in [1.165, 1.54) is 30.7 Å². The lowest BCUT2D eigenvalue weighted by Gasteiger charge is -2.09. The molecule has 0 radical (unpaired) electrons. The van der Waals surface area contributed by atoms with Crippen molar-refractivity contribution < 1.29 is 13.2 Å². The largest absolute Gasteiger partial charge is 0.320 e. The lowest BCUT2D eigenvalue weighted by atomic mass is 10.2. The van der Waals surface area contributed by atoms with Crippen LogP contribution in [0, 0.1) is 6.92 Å². The molecule has 8 heteroatoms. The van der Waals surface area contributed by atoms with Crippen molar-refractivity contribution in [3.8, 4) is 0 Å². The average Bonchev–Trinajstić information content (AvgIpc) is 2.41. The molecule has 1 heterocycles. The number of primary sulfonamides is 1. The van der Waals surface area contributed by atoms with Gasteiger partial charge in [0.1, 0.15) is 5.69 Å². The normalized spacial score (nSPS) is 11.1. The van der Waals surface area contributed by atoms with Crippen LogP contribution in [-0.2, 0) is 10.0 Å².